The van der Waals surface area contributed by atoms with Gasteiger partial charge in [0.2, 0.25) is 0 Å². The molecule has 6 nitrogen and oxygen atoms in total. The number of carbonyl (C=O) groups is 1. The molecule has 138 valence electrons. The van der Waals surface area contributed by atoms with E-state index in [0.29, 0.717) is 23.6 Å². The Bertz CT molecular complexity index is 821. The molecule has 0 saturated heterocycles. The molecule has 1 N–H and O–H groups in total. The van der Waals surface area contributed by atoms with Crippen LogP contribution < -0.4 is 5.63 Å². The van der Waals surface area contributed by atoms with E-state index in [1.165, 1.54) is 12.3 Å². The SMILES string of the molecule is CCCCCCOC(=O)c1ccc(N=Cc2c(O)cc(C)oc2=O)cc1. The molecule has 0 aliphatic rings. The Morgan fingerprint density at radius 1 is 1.23 bits per heavy atom. The molecule has 0 aliphatic carbocycles. The minimum atomic E-state index is -0.658. The lowest BCUT2D eigenvalue weighted by atomic mass is 10.2. The Labute approximate surface area is 152 Å². The second-order valence-corrected chi connectivity index (χ2v) is 5.95. The van der Waals surface area contributed by atoms with Gasteiger partial charge in [-0.2, -0.15) is 0 Å². The molecule has 0 amide bonds. The lowest BCUT2D eigenvalue weighted by molar-refractivity contribution is 0.0498. The van der Waals surface area contributed by atoms with Crippen molar-refractivity contribution in [1.29, 1.82) is 0 Å². The number of aromatic hydroxyl groups is 1. The summed E-state index contributed by atoms with van der Waals surface area (Å²) in [4.78, 5) is 27.8. The third kappa shape index (κ3) is 5.58. The summed E-state index contributed by atoms with van der Waals surface area (Å²) in [7, 11) is 0. The Morgan fingerprint density at radius 3 is 2.62 bits per heavy atom. The van der Waals surface area contributed by atoms with Crippen LogP contribution in [0.4, 0.5) is 5.69 Å². The van der Waals surface area contributed by atoms with Crippen molar-refractivity contribution in [3.63, 3.8) is 0 Å². The van der Waals surface area contributed by atoms with Gasteiger partial charge in [-0.1, -0.05) is 26.2 Å². The molecule has 1 aromatic carbocycles. The van der Waals surface area contributed by atoms with E-state index in [0.717, 1.165) is 25.7 Å². The number of rotatable bonds is 8. The highest BCUT2D eigenvalue weighted by Gasteiger charge is 2.08. The van der Waals surface area contributed by atoms with Crippen molar-refractivity contribution in [3.8, 4) is 5.75 Å². The molecule has 6 heteroatoms. The van der Waals surface area contributed by atoms with Crippen molar-refractivity contribution in [2.24, 2.45) is 4.99 Å². The molecule has 0 fully saturated rings. The number of hydrogen-bond acceptors (Lipinski definition) is 6. The molecule has 1 aromatic heterocycles. The lowest BCUT2D eigenvalue weighted by Gasteiger charge is -2.04. The number of esters is 1. The van der Waals surface area contributed by atoms with E-state index >= 15 is 0 Å². The number of benzene rings is 1. The molecule has 0 unspecified atom stereocenters. The van der Waals surface area contributed by atoms with Crippen molar-refractivity contribution in [3.05, 3.63) is 57.6 Å². The molecule has 0 saturated carbocycles. The van der Waals surface area contributed by atoms with Gasteiger partial charge in [-0.15, -0.1) is 0 Å². The maximum Gasteiger partial charge on any atom is 0.348 e. The van der Waals surface area contributed by atoms with Crippen molar-refractivity contribution >= 4 is 17.9 Å². The highest BCUT2D eigenvalue weighted by molar-refractivity contribution is 5.90. The zero-order valence-electron chi connectivity index (χ0n) is 15.0. The number of hydrogen-bond donors (Lipinski definition) is 1. The van der Waals surface area contributed by atoms with Crippen LogP contribution in [0.2, 0.25) is 0 Å². The molecule has 2 rings (SSSR count). The van der Waals surface area contributed by atoms with Crippen LogP contribution in [0.15, 0.2) is 44.5 Å². The topological polar surface area (TPSA) is 89.1 Å². The van der Waals surface area contributed by atoms with E-state index in [9.17, 15) is 14.7 Å². The summed E-state index contributed by atoms with van der Waals surface area (Å²) in [5.41, 5.74) is 0.293. The van der Waals surface area contributed by atoms with Gasteiger partial charge in [0.15, 0.2) is 0 Å². The number of carbonyl (C=O) groups excluding carboxylic acids is 1. The first-order valence-electron chi connectivity index (χ1n) is 8.66. The normalized spacial score (nSPS) is 11.0. The second kappa shape index (κ2) is 9.56. The predicted molar refractivity (Wildman–Crippen MR) is 99.5 cm³/mol. The fourth-order valence-electron chi connectivity index (χ4n) is 2.32. The third-order valence-electron chi connectivity index (χ3n) is 3.77. The highest BCUT2D eigenvalue weighted by atomic mass is 16.5. The average molecular weight is 357 g/mol. The third-order valence-corrected chi connectivity index (χ3v) is 3.77. The van der Waals surface area contributed by atoms with Crippen LogP contribution in [0.3, 0.4) is 0 Å². The summed E-state index contributed by atoms with van der Waals surface area (Å²) in [5.74, 6) is -0.234. The van der Waals surface area contributed by atoms with E-state index in [-0.39, 0.29) is 17.3 Å². The van der Waals surface area contributed by atoms with Crippen LogP contribution in [0, 0.1) is 6.92 Å². The molecular formula is C20H23NO5. The monoisotopic (exact) mass is 357 g/mol. The van der Waals surface area contributed by atoms with Gasteiger partial charge in [0.25, 0.3) is 0 Å². The molecule has 1 heterocycles. The fourth-order valence-corrected chi connectivity index (χ4v) is 2.32. The number of nitrogens with zero attached hydrogens (tertiary/aromatic N) is 1. The molecule has 2 aromatic rings. The predicted octanol–water partition coefficient (Wildman–Crippen LogP) is 4.14. The standard InChI is InChI=1S/C20H23NO5/c1-3-4-5-6-11-25-19(23)15-7-9-16(10-8-15)21-13-17-18(22)12-14(2)26-20(17)24/h7-10,12-13,22H,3-6,11H2,1-2H3. The van der Waals surface area contributed by atoms with Crippen molar-refractivity contribution in [2.75, 3.05) is 6.61 Å². The summed E-state index contributed by atoms with van der Waals surface area (Å²) < 4.78 is 10.1. The number of unbranched alkanes of at least 4 members (excludes halogenated alkanes) is 3. The molecule has 0 radical (unpaired) electrons. The van der Waals surface area contributed by atoms with E-state index in [1.807, 2.05) is 0 Å². The van der Waals surface area contributed by atoms with E-state index in [4.69, 9.17) is 9.15 Å². The summed E-state index contributed by atoms with van der Waals surface area (Å²) in [6.07, 6.45) is 5.43. The summed E-state index contributed by atoms with van der Waals surface area (Å²) in [5, 5.41) is 9.79. The minimum absolute atomic E-state index is 0.0221. The first-order valence-corrected chi connectivity index (χ1v) is 8.66. The Hall–Kier alpha value is -2.89. The molecular weight excluding hydrogens is 334 g/mol. The van der Waals surface area contributed by atoms with Crippen molar-refractivity contribution in [2.45, 2.75) is 39.5 Å². The maximum atomic E-state index is 11.9. The zero-order chi connectivity index (χ0) is 18.9. The van der Waals surface area contributed by atoms with E-state index in [2.05, 4.69) is 11.9 Å². The van der Waals surface area contributed by atoms with Crippen LogP contribution in [0.1, 0.15) is 54.3 Å². The number of aliphatic imine (C=N–C) groups is 1. The number of ether oxygens (including phenoxy) is 1. The van der Waals surface area contributed by atoms with Crippen LogP contribution >= 0.6 is 0 Å². The molecule has 0 spiro atoms. The van der Waals surface area contributed by atoms with Gasteiger partial charge in [-0.25, -0.2) is 9.59 Å². The Morgan fingerprint density at radius 2 is 1.96 bits per heavy atom. The van der Waals surface area contributed by atoms with Gasteiger partial charge >= 0.3 is 11.6 Å². The molecule has 26 heavy (non-hydrogen) atoms. The van der Waals surface area contributed by atoms with Crippen LogP contribution in [0.5, 0.6) is 5.75 Å². The molecule has 0 aliphatic heterocycles. The highest BCUT2D eigenvalue weighted by Crippen LogP contribution is 2.17. The summed E-state index contributed by atoms with van der Waals surface area (Å²) in [6.45, 7) is 4.12. The maximum absolute atomic E-state index is 11.9. The fraction of sp³-hybridized carbons (Fsp3) is 0.350. The van der Waals surface area contributed by atoms with Gasteiger partial charge < -0.3 is 14.3 Å². The van der Waals surface area contributed by atoms with E-state index < -0.39 is 5.63 Å². The minimum Gasteiger partial charge on any atom is -0.507 e. The Kier molecular flexibility index (Phi) is 7.14. The molecule has 0 atom stereocenters. The largest absolute Gasteiger partial charge is 0.507 e. The van der Waals surface area contributed by atoms with Crippen molar-refractivity contribution < 1.29 is 19.1 Å². The quantitative estimate of drug-likeness (QED) is 0.436. The van der Waals surface area contributed by atoms with Gasteiger partial charge in [-0.3, -0.25) is 4.99 Å². The zero-order valence-corrected chi connectivity index (χ0v) is 15.0. The summed E-state index contributed by atoms with van der Waals surface area (Å²) in [6, 6.07) is 7.84. The molecule has 0 bridgehead atoms. The summed E-state index contributed by atoms with van der Waals surface area (Å²) >= 11 is 0. The first-order chi connectivity index (χ1) is 12.5. The van der Waals surface area contributed by atoms with Gasteiger partial charge in [-0.05, 0) is 37.6 Å². The van der Waals surface area contributed by atoms with Crippen LogP contribution in [0.25, 0.3) is 0 Å². The lowest BCUT2D eigenvalue weighted by Crippen LogP contribution is -2.07. The second-order valence-electron chi connectivity index (χ2n) is 5.95. The number of aryl methyl sites for hydroxylation is 1. The van der Waals surface area contributed by atoms with Gasteiger partial charge in [0, 0.05) is 12.3 Å². The smallest absolute Gasteiger partial charge is 0.348 e. The van der Waals surface area contributed by atoms with E-state index in [1.54, 1.807) is 31.2 Å². The average Bonchev–Trinajstić information content (AvgIpc) is 2.61. The van der Waals surface area contributed by atoms with Crippen LogP contribution in [-0.4, -0.2) is 23.9 Å². The van der Waals surface area contributed by atoms with Gasteiger partial charge in [0.1, 0.15) is 17.1 Å². The Balaban J connectivity index is 1.97. The van der Waals surface area contributed by atoms with Crippen molar-refractivity contribution in [1.82, 2.24) is 0 Å². The first kappa shape index (κ1) is 19.4. The van der Waals surface area contributed by atoms with Crippen LogP contribution in [-0.2, 0) is 4.74 Å². The van der Waals surface area contributed by atoms with Gasteiger partial charge in [0.05, 0.1) is 17.9 Å².